The molecule has 20 heavy (non-hydrogen) atoms. The van der Waals surface area contributed by atoms with Gasteiger partial charge in [-0.25, -0.2) is 4.39 Å². The molecule has 6 heteroatoms. The molecule has 1 aliphatic heterocycles. The summed E-state index contributed by atoms with van der Waals surface area (Å²) >= 11 is 0. The van der Waals surface area contributed by atoms with Crippen LogP contribution in [0.1, 0.15) is 5.56 Å². The van der Waals surface area contributed by atoms with Gasteiger partial charge in [0.1, 0.15) is 12.4 Å². The lowest BCUT2D eigenvalue weighted by Crippen LogP contribution is -3.16. The zero-order valence-electron chi connectivity index (χ0n) is 11.1. The molecule has 0 radical (unpaired) electrons. The molecule has 1 N–H and O–H groups in total. The molecule has 0 unspecified atom stereocenters. The fourth-order valence-electron chi connectivity index (χ4n) is 2.34. The van der Waals surface area contributed by atoms with Crippen LogP contribution in [0.25, 0.3) is 0 Å². The van der Waals surface area contributed by atoms with E-state index in [2.05, 4.69) is 0 Å². The van der Waals surface area contributed by atoms with Gasteiger partial charge in [0, 0.05) is 0 Å². The number of hydrogen-bond acceptors (Lipinski definition) is 3. The Hall–Kier alpha value is -1.95. The molecule has 108 valence electrons. The molecule has 0 aromatic heterocycles. The summed E-state index contributed by atoms with van der Waals surface area (Å²) in [5.41, 5.74) is 0.779. The van der Waals surface area contributed by atoms with E-state index in [1.165, 1.54) is 12.1 Å². The quantitative estimate of drug-likeness (QED) is 0.684. The van der Waals surface area contributed by atoms with Crippen LogP contribution in [0.4, 0.5) is 4.39 Å². The van der Waals surface area contributed by atoms with E-state index < -0.39 is 5.97 Å². The van der Waals surface area contributed by atoms with Crippen LogP contribution in [0.3, 0.4) is 0 Å². The molecule has 5 nitrogen and oxygen atoms in total. The number of halogens is 1. The lowest BCUT2D eigenvalue weighted by atomic mass is 10.1. The Morgan fingerprint density at radius 3 is 2.35 bits per heavy atom. The summed E-state index contributed by atoms with van der Waals surface area (Å²) in [4.78, 5) is 25.2. The Labute approximate surface area is 116 Å². The van der Waals surface area contributed by atoms with Gasteiger partial charge in [-0.2, -0.15) is 0 Å². The van der Waals surface area contributed by atoms with Gasteiger partial charge in [0.25, 0.3) is 0 Å². The number of hydrogen-bond donors (Lipinski definition) is 1. The summed E-state index contributed by atoms with van der Waals surface area (Å²) in [6, 6.07) is 5.88. The number of carboxylic acids is 1. The van der Waals surface area contributed by atoms with Gasteiger partial charge in [0.05, 0.1) is 38.6 Å². The van der Waals surface area contributed by atoms with Gasteiger partial charge < -0.3 is 19.7 Å². The van der Waals surface area contributed by atoms with Crippen molar-refractivity contribution in [3.05, 3.63) is 35.6 Å². The zero-order valence-corrected chi connectivity index (χ0v) is 11.1. The predicted octanol–water partition coefficient (Wildman–Crippen LogP) is -2.15. The average Bonchev–Trinajstić information content (AvgIpc) is 2.41. The topological polar surface area (TPSA) is 64.9 Å². The van der Waals surface area contributed by atoms with E-state index in [1.54, 1.807) is 17.0 Å². The SMILES string of the molecule is O=C([O-])C[NH+]1CCN(C(=O)Cc2ccc(F)cc2)CC1. The van der Waals surface area contributed by atoms with Crippen molar-refractivity contribution in [1.29, 1.82) is 0 Å². The van der Waals surface area contributed by atoms with Crippen molar-refractivity contribution >= 4 is 11.9 Å². The molecule has 1 amide bonds. The largest absolute Gasteiger partial charge is 0.544 e. The highest BCUT2D eigenvalue weighted by atomic mass is 19.1. The molecule has 1 aromatic carbocycles. The van der Waals surface area contributed by atoms with Gasteiger partial charge >= 0.3 is 0 Å². The van der Waals surface area contributed by atoms with Crippen molar-refractivity contribution in [3.63, 3.8) is 0 Å². The first-order valence-corrected chi connectivity index (χ1v) is 6.60. The first-order chi connectivity index (χ1) is 9.54. The number of nitrogens with one attached hydrogen (secondary N) is 1. The van der Waals surface area contributed by atoms with E-state index in [9.17, 15) is 19.1 Å². The van der Waals surface area contributed by atoms with Gasteiger partial charge in [-0.15, -0.1) is 0 Å². The number of aliphatic carboxylic acids is 1. The lowest BCUT2D eigenvalue weighted by molar-refractivity contribution is -0.898. The summed E-state index contributed by atoms with van der Waals surface area (Å²) in [7, 11) is 0. The number of quaternary nitrogens is 1. The second kappa shape index (κ2) is 6.47. The monoisotopic (exact) mass is 280 g/mol. The molecule has 1 heterocycles. The van der Waals surface area contributed by atoms with Crippen molar-refractivity contribution in [3.8, 4) is 0 Å². The number of rotatable bonds is 4. The van der Waals surface area contributed by atoms with Crippen LogP contribution in [0.15, 0.2) is 24.3 Å². The van der Waals surface area contributed by atoms with Crippen LogP contribution in [0.2, 0.25) is 0 Å². The Morgan fingerprint density at radius 1 is 1.20 bits per heavy atom. The summed E-state index contributed by atoms with van der Waals surface area (Å²) in [6.45, 7) is 2.30. The number of piperazine rings is 1. The van der Waals surface area contributed by atoms with Crippen LogP contribution in [0, 0.1) is 5.82 Å². The van der Waals surface area contributed by atoms with E-state index in [0.29, 0.717) is 26.2 Å². The minimum absolute atomic E-state index is 0.0101. The third kappa shape index (κ3) is 4.03. The maximum atomic E-state index is 12.8. The maximum Gasteiger partial charge on any atom is 0.227 e. The molecule has 0 bridgehead atoms. The Kier molecular flexibility index (Phi) is 4.68. The van der Waals surface area contributed by atoms with Crippen molar-refractivity contribution in [2.45, 2.75) is 6.42 Å². The summed E-state index contributed by atoms with van der Waals surface area (Å²) in [5, 5.41) is 10.5. The highest BCUT2D eigenvalue weighted by Gasteiger charge is 2.23. The first-order valence-electron chi connectivity index (χ1n) is 6.60. The molecule has 2 rings (SSSR count). The zero-order chi connectivity index (χ0) is 14.5. The van der Waals surface area contributed by atoms with E-state index in [0.717, 1.165) is 10.5 Å². The van der Waals surface area contributed by atoms with Crippen LogP contribution >= 0.6 is 0 Å². The van der Waals surface area contributed by atoms with Gasteiger partial charge in [0.15, 0.2) is 0 Å². The maximum absolute atomic E-state index is 12.8. The fraction of sp³-hybridized carbons (Fsp3) is 0.429. The number of benzene rings is 1. The van der Waals surface area contributed by atoms with Crippen molar-refractivity contribution < 1.29 is 24.0 Å². The summed E-state index contributed by atoms with van der Waals surface area (Å²) in [6.07, 6.45) is 0.246. The highest BCUT2D eigenvalue weighted by Crippen LogP contribution is 2.05. The van der Waals surface area contributed by atoms with Gasteiger partial charge in [-0.05, 0) is 17.7 Å². The lowest BCUT2D eigenvalue weighted by Gasteiger charge is -2.32. The third-order valence-electron chi connectivity index (χ3n) is 3.49. The molecule has 0 spiro atoms. The summed E-state index contributed by atoms with van der Waals surface area (Å²) < 4.78 is 12.8. The molecule has 1 aliphatic rings. The minimum Gasteiger partial charge on any atom is -0.544 e. The van der Waals surface area contributed by atoms with Crippen LogP contribution < -0.4 is 10.0 Å². The van der Waals surface area contributed by atoms with Gasteiger partial charge in [-0.3, -0.25) is 4.79 Å². The van der Waals surface area contributed by atoms with E-state index in [-0.39, 0.29) is 24.7 Å². The Balaban J connectivity index is 1.82. The summed E-state index contributed by atoms with van der Waals surface area (Å²) in [5.74, 6) is -1.39. The average molecular weight is 280 g/mol. The number of nitrogens with zero attached hydrogens (tertiary/aromatic N) is 1. The van der Waals surface area contributed by atoms with Gasteiger partial charge in [-0.1, -0.05) is 12.1 Å². The van der Waals surface area contributed by atoms with Crippen molar-refractivity contribution in [2.75, 3.05) is 32.7 Å². The van der Waals surface area contributed by atoms with Gasteiger partial charge in [0.2, 0.25) is 5.91 Å². The normalized spacial score (nSPS) is 16.1. The smallest absolute Gasteiger partial charge is 0.227 e. The second-order valence-electron chi connectivity index (χ2n) is 4.98. The van der Waals surface area contributed by atoms with Crippen LogP contribution in [0.5, 0.6) is 0 Å². The van der Waals surface area contributed by atoms with Crippen LogP contribution in [-0.2, 0) is 16.0 Å². The first kappa shape index (κ1) is 14.5. The molecular formula is C14H17FN2O3. The molecule has 1 aromatic rings. The van der Waals surface area contributed by atoms with Crippen molar-refractivity contribution in [1.82, 2.24) is 4.90 Å². The molecule has 1 fully saturated rings. The van der Waals surface area contributed by atoms with E-state index in [4.69, 9.17) is 0 Å². The second-order valence-corrected chi connectivity index (χ2v) is 4.98. The molecule has 0 aliphatic carbocycles. The number of amides is 1. The molecule has 0 saturated carbocycles. The highest BCUT2D eigenvalue weighted by molar-refractivity contribution is 5.78. The number of carboxylic acid groups (broad SMARTS) is 1. The number of carbonyl (C=O) groups is 2. The molecule has 1 saturated heterocycles. The minimum atomic E-state index is -1.06. The standard InChI is InChI=1S/C14H17FN2O3/c15-12-3-1-11(2-4-12)9-13(18)17-7-5-16(6-8-17)10-14(19)20/h1-4H,5-10H2,(H,19,20). The van der Waals surface area contributed by atoms with E-state index in [1.807, 2.05) is 0 Å². The molecule has 0 atom stereocenters. The Morgan fingerprint density at radius 2 is 1.80 bits per heavy atom. The van der Waals surface area contributed by atoms with E-state index >= 15 is 0 Å². The van der Waals surface area contributed by atoms with Crippen LogP contribution in [-0.4, -0.2) is 49.5 Å². The molecular weight excluding hydrogens is 263 g/mol. The predicted molar refractivity (Wildman–Crippen MR) is 67.3 cm³/mol. The number of carbonyl (C=O) groups excluding carboxylic acids is 2. The fourth-order valence-corrected chi connectivity index (χ4v) is 2.34. The van der Waals surface area contributed by atoms with Crippen molar-refractivity contribution in [2.24, 2.45) is 0 Å². The Bertz CT molecular complexity index is 482. The third-order valence-corrected chi connectivity index (χ3v) is 3.49.